The number of rotatable bonds is 15. The standard InChI is InChI=1S/C26H24N10O8/c37-33(38)23-1-5-27-19(11-23)15-31(16-20-12-24(34(39)40)2-6-28-20)9-10-32(17-21-13-25(35(41)42)3-7-29-21)18-22-14-26(36(43)44)4-8-30-22/h1-8,11-14H,9-10,15-18H2. The highest BCUT2D eigenvalue weighted by Crippen LogP contribution is 2.19. The Kier molecular flexibility index (Phi) is 10.1. The van der Waals surface area contributed by atoms with Crippen LogP contribution in [0.4, 0.5) is 22.7 Å². The second kappa shape index (κ2) is 14.3. The zero-order valence-corrected chi connectivity index (χ0v) is 22.9. The molecular weight excluding hydrogens is 580 g/mol. The average molecular weight is 605 g/mol. The Morgan fingerprint density at radius 1 is 0.455 bits per heavy atom. The maximum Gasteiger partial charge on any atom is 0.272 e. The van der Waals surface area contributed by atoms with Gasteiger partial charge in [-0.25, -0.2) is 0 Å². The van der Waals surface area contributed by atoms with E-state index in [2.05, 4.69) is 19.9 Å². The van der Waals surface area contributed by atoms with Crippen molar-refractivity contribution >= 4 is 22.7 Å². The number of hydrogen-bond acceptors (Lipinski definition) is 14. The van der Waals surface area contributed by atoms with Crippen LogP contribution in [0, 0.1) is 40.5 Å². The summed E-state index contributed by atoms with van der Waals surface area (Å²) in [6.07, 6.45) is 5.24. The summed E-state index contributed by atoms with van der Waals surface area (Å²) in [5.74, 6) is 0. The third kappa shape index (κ3) is 8.81. The molecule has 18 nitrogen and oxygen atoms in total. The highest BCUT2D eigenvalue weighted by atomic mass is 16.6. The van der Waals surface area contributed by atoms with Crippen LogP contribution < -0.4 is 0 Å². The van der Waals surface area contributed by atoms with E-state index in [9.17, 15) is 40.5 Å². The molecule has 0 bridgehead atoms. The third-order valence-electron chi connectivity index (χ3n) is 6.32. The van der Waals surface area contributed by atoms with Gasteiger partial charge in [-0.1, -0.05) is 0 Å². The molecule has 0 saturated carbocycles. The first-order chi connectivity index (χ1) is 21.1. The van der Waals surface area contributed by atoms with Crippen molar-refractivity contribution in [3.63, 3.8) is 0 Å². The van der Waals surface area contributed by atoms with E-state index in [1.165, 1.54) is 73.3 Å². The molecule has 0 radical (unpaired) electrons. The van der Waals surface area contributed by atoms with Gasteiger partial charge in [0.2, 0.25) is 0 Å². The first-order valence-electron chi connectivity index (χ1n) is 12.9. The van der Waals surface area contributed by atoms with E-state index in [0.717, 1.165) is 0 Å². The Labute approximate surface area is 248 Å². The predicted molar refractivity (Wildman–Crippen MR) is 152 cm³/mol. The molecule has 4 rings (SSSR count). The summed E-state index contributed by atoms with van der Waals surface area (Å²) in [6, 6.07) is 10.3. The van der Waals surface area contributed by atoms with Crippen LogP contribution in [-0.4, -0.2) is 62.5 Å². The van der Waals surface area contributed by atoms with Crippen molar-refractivity contribution in [1.82, 2.24) is 29.7 Å². The number of nitro groups is 4. The molecule has 18 heteroatoms. The van der Waals surface area contributed by atoms with Crippen LogP contribution in [0.2, 0.25) is 0 Å². The van der Waals surface area contributed by atoms with Crippen molar-refractivity contribution < 1.29 is 19.7 Å². The van der Waals surface area contributed by atoms with Gasteiger partial charge in [-0.05, 0) is 0 Å². The van der Waals surface area contributed by atoms with Gasteiger partial charge in [-0.2, -0.15) is 0 Å². The maximum atomic E-state index is 11.3. The van der Waals surface area contributed by atoms with E-state index in [1.54, 1.807) is 0 Å². The van der Waals surface area contributed by atoms with Crippen molar-refractivity contribution in [1.29, 1.82) is 0 Å². The van der Waals surface area contributed by atoms with Crippen LogP contribution in [-0.2, 0) is 26.2 Å². The molecule has 4 heterocycles. The van der Waals surface area contributed by atoms with Gasteiger partial charge in [0.05, 0.1) is 42.5 Å². The van der Waals surface area contributed by atoms with Crippen LogP contribution >= 0.6 is 0 Å². The summed E-state index contributed by atoms with van der Waals surface area (Å²) in [7, 11) is 0. The first kappa shape index (κ1) is 31.1. The molecule has 0 atom stereocenters. The fourth-order valence-electron chi connectivity index (χ4n) is 4.29. The van der Waals surface area contributed by atoms with Crippen molar-refractivity contribution in [3.8, 4) is 0 Å². The largest absolute Gasteiger partial charge is 0.290 e. The smallest absolute Gasteiger partial charge is 0.272 e. The van der Waals surface area contributed by atoms with E-state index in [4.69, 9.17) is 0 Å². The zero-order chi connectivity index (χ0) is 31.6. The summed E-state index contributed by atoms with van der Waals surface area (Å²) >= 11 is 0. The maximum absolute atomic E-state index is 11.3. The lowest BCUT2D eigenvalue weighted by Crippen LogP contribution is -2.35. The van der Waals surface area contributed by atoms with Crippen LogP contribution in [0.5, 0.6) is 0 Å². The second-order valence-corrected chi connectivity index (χ2v) is 9.47. The molecule has 0 aliphatic heterocycles. The highest BCUT2D eigenvalue weighted by Gasteiger charge is 2.19. The summed E-state index contributed by atoms with van der Waals surface area (Å²) in [5, 5.41) is 45.3. The highest BCUT2D eigenvalue weighted by molar-refractivity contribution is 5.32. The van der Waals surface area contributed by atoms with Crippen molar-refractivity contribution in [2.45, 2.75) is 26.2 Å². The van der Waals surface area contributed by atoms with E-state index < -0.39 is 19.7 Å². The molecule has 0 aromatic carbocycles. The average Bonchev–Trinajstić information content (AvgIpc) is 3.00. The molecular formula is C26H24N10O8. The molecule has 4 aromatic heterocycles. The molecule has 4 aromatic rings. The molecule has 0 unspecified atom stereocenters. The molecule has 0 fully saturated rings. The molecule has 226 valence electrons. The number of nitrogens with zero attached hydrogens (tertiary/aromatic N) is 10. The van der Waals surface area contributed by atoms with Crippen LogP contribution in [0.15, 0.2) is 73.3 Å². The zero-order valence-electron chi connectivity index (χ0n) is 22.9. The molecule has 0 spiro atoms. The van der Waals surface area contributed by atoms with Crippen LogP contribution in [0.25, 0.3) is 0 Å². The fourth-order valence-corrected chi connectivity index (χ4v) is 4.29. The minimum Gasteiger partial charge on any atom is -0.290 e. The quantitative estimate of drug-likeness (QED) is 0.139. The minimum atomic E-state index is -0.544. The number of pyridine rings is 4. The summed E-state index contributed by atoms with van der Waals surface area (Å²) in [4.78, 5) is 63.6. The lowest BCUT2D eigenvalue weighted by Gasteiger charge is -2.27. The Morgan fingerprint density at radius 3 is 0.886 bits per heavy atom. The SMILES string of the molecule is O=[N+]([O-])c1ccnc(CN(CCN(Cc2cc([N+](=O)[O-])ccn2)Cc2cc([N+](=O)[O-])ccn2)Cc2cc([N+](=O)[O-])ccn2)c1. The third-order valence-corrected chi connectivity index (χ3v) is 6.32. The second-order valence-electron chi connectivity index (χ2n) is 9.47. The van der Waals surface area contributed by atoms with E-state index in [0.29, 0.717) is 22.8 Å². The molecule has 0 amide bonds. The Bertz CT molecular complexity index is 1450. The Hall–Kier alpha value is -5.88. The molecule has 0 aliphatic rings. The van der Waals surface area contributed by atoms with Gasteiger partial charge in [0, 0.05) is 113 Å². The van der Waals surface area contributed by atoms with E-state index in [-0.39, 0.29) is 62.0 Å². The van der Waals surface area contributed by atoms with Crippen LogP contribution in [0.3, 0.4) is 0 Å². The fraction of sp³-hybridized carbons (Fsp3) is 0.231. The van der Waals surface area contributed by atoms with Crippen molar-refractivity contribution in [2.75, 3.05) is 13.1 Å². The minimum absolute atomic E-state index is 0.115. The molecule has 44 heavy (non-hydrogen) atoms. The first-order valence-corrected chi connectivity index (χ1v) is 12.9. The molecule has 0 aliphatic carbocycles. The lowest BCUT2D eigenvalue weighted by molar-refractivity contribution is -0.385. The van der Waals surface area contributed by atoms with Gasteiger partial charge in [-0.3, -0.25) is 70.2 Å². The summed E-state index contributed by atoms with van der Waals surface area (Å²) in [6.45, 7) is 0.985. The van der Waals surface area contributed by atoms with Crippen molar-refractivity contribution in [2.24, 2.45) is 0 Å². The topological polar surface area (TPSA) is 231 Å². The Balaban J connectivity index is 1.62. The summed E-state index contributed by atoms with van der Waals surface area (Å²) in [5.41, 5.74) is 0.872. The summed E-state index contributed by atoms with van der Waals surface area (Å²) < 4.78 is 0. The monoisotopic (exact) mass is 604 g/mol. The van der Waals surface area contributed by atoms with Crippen molar-refractivity contribution in [3.05, 3.63) is 137 Å². The van der Waals surface area contributed by atoms with Gasteiger partial charge < -0.3 is 0 Å². The van der Waals surface area contributed by atoms with Gasteiger partial charge >= 0.3 is 0 Å². The van der Waals surface area contributed by atoms with Gasteiger partial charge in [0.15, 0.2) is 0 Å². The van der Waals surface area contributed by atoms with Crippen LogP contribution in [0.1, 0.15) is 22.8 Å². The number of aromatic nitrogens is 4. The van der Waals surface area contributed by atoms with Gasteiger partial charge in [0.25, 0.3) is 22.7 Å². The molecule has 0 saturated heterocycles. The lowest BCUT2D eigenvalue weighted by atomic mass is 10.2. The van der Waals surface area contributed by atoms with Gasteiger partial charge in [-0.15, -0.1) is 0 Å². The van der Waals surface area contributed by atoms with Gasteiger partial charge in [0.1, 0.15) is 0 Å². The normalized spacial score (nSPS) is 11.0. The van der Waals surface area contributed by atoms with E-state index in [1.807, 2.05) is 9.80 Å². The Morgan fingerprint density at radius 2 is 0.682 bits per heavy atom. The van der Waals surface area contributed by atoms with E-state index >= 15 is 0 Å². The molecule has 0 N–H and O–H groups in total. The number of hydrogen-bond donors (Lipinski definition) is 0. The predicted octanol–water partition coefficient (Wildman–Crippen LogP) is 3.60.